The molecular weight excluding hydrogens is 302 g/mol. The van der Waals surface area contributed by atoms with Crippen LogP contribution in [-0.4, -0.2) is 15.0 Å². The van der Waals surface area contributed by atoms with Gasteiger partial charge in [-0.15, -0.1) is 0 Å². The summed E-state index contributed by atoms with van der Waals surface area (Å²) in [4.78, 5) is 0.215. The molecule has 6 heteroatoms. The van der Waals surface area contributed by atoms with E-state index in [1.807, 2.05) is 6.92 Å². The molecule has 1 aromatic rings. The molecule has 0 aliphatic heterocycles. The Labute approximate surface area is 103 Å². The minimum Gasteiger partial charge on any atom is -0.211 e. The van der Waals surface area contributed by atoms with Gasteiger partial charge in [-0.1, -0.05) is 18.5 Å². The Bertz CT molecular complexity index is 447. The molecule has 0 radical (unpaired) electrons. The summed E-state index contributed by atoms with van der Waals surface area (Å²) in [6.07, 6.45) is 0.758. The van der Waals surface area contributed by atoms with Crippen molar-refractivity contribution in [2.24, 2.45) is 0 Å². The van der Waals surface area contributed by atoms with E-state index in [9.17, 15) is 8.42 Å². The molecule has 1 rings (SSSR count). The molecular formula is C9H11BrClNO2S. The third kappa shape index (κ3) is 3.45. The van der Waals surface area contributed by atoms with Gasteiger partial charge in [-0.3, -0.25) is 0 Å². The highest BCUT2D eigenvalue weighted by molar-refractivity contribution is 9.10. The van der Waals surface area contributed by atoms with E-state index in [2.05, 4.69) is 20.7 Å². The maximum Gasteiger partial charge on any atom is 0.240 e. The summed E-state index contributed by atoms with van der Waals surface area (Å²) in [5.74, 6) is 0. The van der Waals surface area contributed by atoms with E-state index in [1.165, 1.54) is 12.1 Å². The number of halogens is 2. The second-order valence-corrected chi connectivity index (χ2v) is 6.00. The van der Waals surface area contributed by atoms with E-state index < -0.39 is 10.0 Å². The van der Waals surface area contributed by atoms with E-state index in [1.54, 1.807) is 6.07 Å². The summed E-state index contributed by atoms with van der Waals surface area (Å²) in [7, 11) is -3.40. The SMILES string of the molecule is CCCNS(=O)(=O)c1ccc(Cl)c(Br)c1. The topological polar surface area (TPSA) is 46.2 Å². The van der Waals surface area contributed by atoms with Gasteiger partial charge in [0.2, 0.25) is 10.0 Å². The van der Waals surface area contributed by atoms with Crippen LogP contribution in [-0.2, 0) is 10.0 Å². The van der Waals surface area contributed by atoms with Crippen LogP contribution in [0.2, 0.25) is 5.02 Å². The summed E-state index contributed by atoms with van der Waals surface area (Å²) in [5, 5.41) is 0.490. The predicted octanol–water partition coefficient (Wildman–Crippen LogP) is 2.79. The molecule has 0 heterocycles. The lowest BCUT2D eigenvalue weighted by atomic mass is 10.4. The lowest BCUT2D eigenvalue weighted by molar-refractivity contribution is 0.581. The summed E-state index contributed by atoms with van der Waals surface area (Å²) in [6.45, 7) is 2.34. The molecule has 1 N–H and O–H groups in total. The van der Waals surface area contributed by atoms with Crippen LogP contribution in [0.5, 0.6) is 0 Å². The smallest absolute Gasteiger partial charge is 0.211 e. The quantitative estimate of drug-likeness (QED) is 0.929. The minimum atomic E-state index is -3.40. The van der Waals surface area contributed by atoms with E-state index >= 15 is 0 Å². The first-order chi connectivity index (χ1) is 6.97. The third-order valence-corrected chi connectivity index (χ3v) is 4.42. The van der Waals surface area contributed by atoms with Crippen LogP contribution >= 0.6 is 27.5 Å². The highest BCUT2D eigenvalue weighted by atomic mass is 79.9. The second-order valence-electron chi connectivity index (χ2n) is 2.97. The number of hydrogen-bond acceptors (Lipinski definition) is 2. The Morgan fingerprint density at radius 2 is 2.13 bits per heavy atom. The fourth-order valence-corrected chi connectivity index (χ4v) is 2.77. The summed E-state index contributed by atoms with van der Waals surface area (Å²) < 4.78 is 26.4. The van der Waals surface area contributed by atoms with Crippen LogP contribution in [0.15, 0.2) is 27.6 Å². The fraction of sp³-hybridized carbons (Fsp3) is 0.333. The van der Waals surface area contributed by atoms with E-state index in [0.717, 1.165) is 6.42 Å². The van der Waals surface area contributed by atoms with Gasteiger partial charge in [-0.05, 0) is 40.5 Å². The number of rotatable bonds is 4. The predicted molar refractivity (Wildman–Crippen MR) is 64.6 cm³/mol. The van der Waals surface area contributed by atoms with Crippen molar-refractivity contribution in [1.29, 1.82) is 0 Å². The highest BCUT2D eigenvalue weighted by Crippen LogP contribution is 2.25. The average molecular weight is 313 g/mol. The molecule has 0 unspecified atom stereocenters. The second kappa shape index (κ2) is 5.30. The Balaban J connectivity index is 3.00. The van der Waals surface area contributed by atoms with Crippen molar-refractivity contribution in [2.75, 3.05) is 6.54 Å². The zero-order valence-electron chi connectivity index (χ0n) is 8.13. The van der Waals surface area contributed by atoms with Crippen molar-refractivity contribution in [3.63, 3.8) is 0 Å². The first kappa shape index (κ1) is 13.0. The molecule has 0 saturated carbocycles. The number of benzene rings is 1. The van der Waals surface area contributed by atoms with Crippen LogP contribution < -0.4 is 4.72 Å². The van der Waals surface area contributed by atoms with Crippen LogP contribution in [0.4, 0.5) is 0 Å². The third-order valence-electron chi connectivity index (χ3n) is 1.74. The molecule has 1 aromatic carbocycles. The van der Waals surface area contributed by atoms with Crippen molar-refractivity contribution in [2.45, 2.75) is 18.2 Å². The molecule has 0 aromatic heterocycles. The summed E-state index contributed by atoms with van der Waals surface area (Å²) in [6, 6.07) is 4.51. The molecule has 84 valence electrons. The van der Waals surface area contributed by atoms with Gasteiger partial charge in [0.15, 0.2) is 0 Å². The molecule has 0 saturated heterocycles. The Kier molecular flexibility index (Phi) is 4.58. The fourth-order valence-electron chi connectivity index (χ4n) is 0.964. The zero-order chi connectivity index (χ0) is 11.5. The largest absolute Gasteiger partial charge is 0.240 e. The van der Waals surface area contributed by atoms with Crippen LogP contribution in [0.1, 0.15) is 13.3 Å². The van der Waals surface area contributed by atoms with Gasteiger partial charge in [-0.2, -0.15) is 0 Å². The molecule has 0 bridgehead atoms. The Morgan fingerprint density at radius 1 is 1.47 bits per heavy atom. The number of hydrogen-bond donors (Lipinski definition) is 1. The molecule has 0 aliphatic rings. The Morgan fingerprint density at radius 3 is 2.67 bits per heavy atom. The maximum absolute atomic E-state index is 11.7. The first-order valence-corrected chi connectivity index (χ1v) is 7.07. The average Bonchev–Trinajstić information content (AvgIpc) is 2.19. The van der Waals surface area contributed by atoms with Gasteiger partial charge in [-0.25, -0.2) is 13.1 Å². The van der Waals surface area contributed by atoms with Gasteiger partial charge in [0.05, 0.1) is 9.92 Å². The maximum atomic E-state index is 11.7. The van der Waals surface area contributed by atoms with Crippen LogP contribution in [0, 0.1) is 0 Å². The van der Waals surface area contributed by atoms with E-state index in [4.69, 9.17) is 11.6 Å². The summed E-state index contributed by atoms with van der Waals surface area (Å²) >= 11 is 8.96. The van der Waals surface area contributed by atoms with Crippen molar-refractivity contribution in [1.82, 2.24) is 4.72 Å². The minimum absolute atomic E-state index is 0.215. The lowest BCUT2D eigenvalue weighted by Crippen LogP contribution is -2.24. The van der Waals surface area contributed by atoms with Crippen LogP contribution in [0.25, 0.3) is 0 Å². The first-order valence-electron chi connectivity index (χ1n) is 4.42. The van der Waals surface area contributed by atoms with Gasteiger partial charge in [0, 0.05) is 11.0 Å². The van der Waals surface area contributed by atoms with E-state index in [0.29, 0.717) is 16.0 Å². The molecule has 0 fully saturated rings. The highest BCUT2D eigenvalue weighted by Gasteiger charge is 2.13. The molecule has 0 spiro atoms. The van der Waals surface area contributed by atoms with Crippen molar-refractivity contribution in [3.05, 3.63) is 27.7 Å². The standard InChI is InChI=1S/C9H11BrClNO2S/c1-2-5-12-15(13,14)7-3-4-9(11)8(10)6-7/h3-4,6,12H,2,5H2,1H3. The monoisotopic (exact) mass is 311 g/mol. The number of sulfonamides is 1. The van der Waals surface area contributed by atoms with Crippen molar-refractivity contribution >= 4 is 37.6 Å². The zero-order valence-corrected chi connectivity index (χ0v) is 11.3. The molecule has 0 amide bonds. The van der Waals surface area contributed by atoms with Gasteiger partial charge in [0.1, 0.15) is 0 Å². The summed E-state index contributed by atoms with van der Waals surface area (Å²) in [5.41, 5.74) is 0. The normalized spacial score (nSPS) is 11.7. The van der Waals surface area contributed by atoms with Crippen LogP contribution in [0.3, 0.4) is 0 Å². The molecule has 0 atom stereocenters. The number of nitrogens with one attached hydrogen (secondary N) is 1. The van der Waals surface area contributed by atoms with Gasteiger partial charge < -0.3 is 0 Å². The van der Waals surface area contributed by atoms with E-state index in [-0.39, 0.29) is 4.90 Å². The van der Waals surface area contributed by atoms with Crippen molar-refractivity contribution in [3.8, 4) is 0 Å². The van der Waals surface area contributed by atoms with Gasteiger partial charge >= 0.3 is 0 Å². The van der Waals surface area contributed by atoms with Gasteiger partial charge in [0.25, 0.3) is 0 Å². The molecule has 15 heavy (non-hydrogen) atoms. The Hall–Kier alpha value is -0.100. The van der Waals surface area contributed by atoms with Crippen molar-refractivity contribution < 1.29 is 8.42 Å². The lowest BCUT2D eigenvalue weighted by Gasteiger charge is -2.06. The molecule has 0 aliphatic carbocycles. The molecule has 3 nitrogen and oxygen atoms in total.